The fourth-order valence-corrected chi connectivity index (χ4v) is 3.60. The van der Waals surface area contributed by atoms with Gasteiger partial charge in [-0.05, 0) is 38.0 Å². The smallest absolute Gasteiger partial charge is 0.226 e. The zero-order chi connectivity index (χ0) is 24.3. The second-order valence-corrected chi connectivity index (χ2v) is 9.42. The fourth-order valence-electron chi connectivity index (χ4n) is 3.60. The largest absolute Gasteiger partial charge is 0.398 e. The molecule has 1 atom stereocenters. The van der Waals surface area contributed by atoms with Gasteiger partial charge in [-0.15, -0.1) is 0 Å². The van der Waals surface area contributed by atoms with E-state index in [1.165, 1.54) is 0 Å². The molecule has 0 radical (unpaired) electrons. The van der Waals surface area contributed by atoms with Gasteiger partial charge in [0.05, 0.1) is 18.5 Å². The van der Waals surface area contributed by atoms with Gasteiger partial charge in [-0.25, -0.2) is 4.98 Å². The number of hydrogen-bond acceptors (Lipinski definition) is 7. The van der Waals surface area contributed by atoms with Gasteiger partial charge in [0.2, 0.25) is 5.95 Å². The molecule has 0 aliphatic carbocycles. The molecule has 0 saturated heterocycles. The SMILES string of the molecule is Cc1ccc(N)c(CNc2nc(NCC(C)C(C)(C)O)nc3c2ncn3Cc2ccccc2)c1. The van der Waals surface area contributed by atoms with Crippen molar-refractivity contribution < 1.29 is 5.11 Å². The first-order valence-corrected chi connectivity index (χ1v) is 11.5. The van der Waals surface area contributed by atoms with Crippen molar-refractivity contribution in [2.24, 2.45) is 5.92 Å². The van der Waals surface area contributed by atoms with Crippen LogP contribution in [-0.2, 0) is 13.1 Å². The van der Waals surface area contributed by atoms with Crippen LogP contribution in [0.1, 0.15) is 37.5 Å². The molecule has 0 aliphatic heterocycles. The summed E-state index contributed by atoms with van der Waals surface area (Å²) in [5, 5.41) is 17.0. The molecule has 0 saturated carbocycles. The molecule has 1 unspecified atom stereocenters. The number of aryl methyl sites for hydroxylation is 1. The Bertz CT molecular complexity index is 1260. The van der Waals surface area contributed by atoms with E-state index in [1.54, 1.807) is 20.2 Å². The molecule has 2 heterocycles. The number of imidazole rings is 1. The Kier molecular flexibility index (Phi) is 6.70. The van der Waals surface area contributed by atoms with Crippen LogP contribution < -0.4 is 16.4 Å². The Hall–Kier alpha value is -3.65. The number of aliphatic hydroxyl groups is 1. The van der Waals surface area contributed by atoms with Crippen molar-refractivity contribution in [3.63, 3.8) is 0 Å². The number of aromatic nitrogens is 4. The summed E-state index contributed by atoms with van der Waals surface area (Å²) < 4.78 is 2.02. The number of nitrogen functional groups attached to an aromatic ring is 1. The third-order valence-electron chi connectivity index (χ3n) is 6.18. The number of nitrogens with zero attached hydrogens (tertiary/aromatic N) is 4. The second kappa shape index (κ2) is 9.69. The normalized spacial score (nSPS) is 12.6. The quantitative estimate of drug-likeness (QED) is 0.277. The van der Waals surface area contributed by atoms with Gasteiger partial charge < -0.3 is 26.0 Å². The minimum Gasteiger partial charge on any atom is -0.398 e. The lowest BCUT2D eigenvalue weighted by molar-refractivity contribution is 0.0303. The van der Waals surface area contributed by atoms with Crippen LogP contribution in [0.3, 0.4) is 0 Å². The molecule has 4 rings (SSSR count). The highest BCUT2D eigenvalue weighted by atomic mass is 16.3. The van der Waals surface area contributed by atoms with Crippen LogP contribution in [0.2, 0.25) is 0 Å². The maximum Gasteiger partial charge on any atom is 0.226 e. The van der Waals surface area contributed by atoms with Crippen molar-refractivity contribution in [2.75, 3.05) is 22.9 Å². The lowest BCUT2D eigenvalue weighted by Crippen LogP contribution is -2.33. The summed E-state index contributed by atoms with van der Waals surface area (Å²) in [6.07, 6.45) is 1.79. The summed E-state index contributed by atoms with van der Waals surface area (Å²) >= 11 is 0. The van der Waals surface area contributed by atoms with Gasteiger partial charge in [0, 0.05) is 24.7 Å². The number of benzene rings is 2. The van der Waals surface area contributed by atoms with E-state index in [-0.39, 0.29) is 5.92 Å². The third-order valence-corrected chi connectivity index (χ3v) is 6.18. The molecule has 0 amide bonds. The first-order chi connectivity index (χ1) is 16.2. The summed E-state index contributed by atoms with van der Waals surface area (Å²) in [5.41, 5.74) is 10.8. The van der Waals surface area contributed by atoms with Crippen LogP contribution in [-0.4, -0.2) is 36.8 Å². The summed E-state index contributed by atoms with van der Waals surface area (Å²) in [5.74, 6) is 1.12. The van der Waals surface area contributed by atoms with Crippen molar-refractivity contribution in [2.45, 2.75) is 46.4 Å². The predicted octanol–water partition coefficient (Wildman–Crippen LogP) is 4.20. The first-order valence-electron chi connectivity index (χ1n) is 11.5. The monoisotopic (exact) mass is 459 g/mol. The summed E-state index contributed by atoms with van der Waals surface area (Å²) in [6.45, 7) is 9.35. The highest BCUT2D eigenvalue weighted by molar-refractivity contribution is 5.84. The van der Waals surface area contributed by atoms with Gasteiger partial charge >= 0.3 is 0 Å². The Morgan fingerprint density at radius 1 is 1.09 bits per heavy atom. The zero-order valence-corrected chi connectivity index (χ0v) is 20.2. The van der Waals surface area contributed by atoms with Gasteiger partial charge in [0.1, 0.15) is 0 Å². The highest BCUT2D eigenvalue weighted by Gasteiger charge is 2.22. The molecule has 34 heavy (non-hydrogen) atoms. The standard InChI is InChI=1S/C26H33N7O/c1-17-10-11-21(27)20(12-17)14-28-23-22-24(32-25(31-23)29-13-18(2)26(3,4)34)33(16-30-22)15-19-8-6-5-7-9-19/h5-12,16,18,34H,13-15,27H2,1-4H3,(H2,28,29,31,32). The number of nitrogens with one attached hydrogen (secondary N) is 2. The van der Waals surface area contributed by atoms with E-state index < -0.39 is 5.60 Å². The van der Waals surface area contributed by atoms with Gasteiger partial charge in [0.25, 0.3) is 0 Å². The van der Waals surface area contributed by atoms with Crippen LogP contribution in [0.25, 0.3) is 11.2 Å². The average molecular weight is 460 g/mol. The lowest BCUT2D eigenvalue weighted by atomic mass is 9.93. The van der Waals surface area contributed by atoms with Gasteiger partial charge in [-0.1, -0.05) is 55.0 Å². The van der Waals surface area contributed by atoms with Gasteiger partial charge in [-0.2, -0.15) is 9.97 Å². The van der Waals surface area contributed by atoms with E-state index in [0.717, 1.165) is 28.0 Å². The average Bonchev–Trinajstić information content (AvgIpc) is 3.20. The molecule has 0 aliphatic rings. The lowest BCUT2D eigenvalue weighted by Gasteiger charge is -2.26. The molecule has 0 spiro atoms. The van der Waals surface area contributed by atoms with Crippen LogP contribution in [0.4, 0.5) is 17.5 Å². The highest BCUT2D eigenvalue weighted by Crippen LogP contribution is 2.24. The molecule has 5 N–H and O–H groups in total. The van der Waals surface area contributed by atoms with E-state index in [0.29, 0.717) is 36.9 Å². The number of anilines is 3. The van der Waals surface area contributed by atoms with Crippen LogP contribution in [0.15, 0.2) is 54.9 Å². The zero-order valence-electron chi connectivity index (χ0n) is 20.2. The van der Waals surface area contributed by atoms with Crippen molar-refractivity contribution >= 4 is 28.6 Å². The predicted molar refractivity (Wildman–Crippen MR) is 138 cm³/mol. The van der Waals surface area contributed by atoms with Gasteiger partial charge in [0.15, 0.2) is 17.0 Å². The van der Waals surface area contributed by atoms with Crippen LogP contribution in [0, 0.1) is 12.8 Å². The number of nitrogens with two attached hydrogens (primary N) is 1. The topological polar surface area (TPSA) is 114 Å². The summed E-state index contributed by atoms with van der Waals surface area (Å²) in [7, 11) is 0. The van der Waals surface area contributed by atoms with Crippen LogP contribution >= 0.6 is 0 Å². The molecule has 8 heteroatoms. The molecule has 2 aromatic heterocycles. The Morgan fingerprint density at radius 2 is 1.85 bits per heavy atom. The van der Waals surface area contributed by atoms with Gasteiger partial charge in [-0.3, -0.25) is 0 Å². The maximum atomic E-state index is 10.3. The maximum absolute atomic E-state index is 10.3. The van der Waals surface area contributed by atoms with E-state index in [4.69, 9.17) is 15.7 Å². The molecule has 2 aromatic carbocycles. The molecule has 0 fully saturated rings. The third kappa shape index (κ3) is 5.46. The summed E-state index contributed by atoms with van der Waals surface area (Å²) in [6, 6.07) is 16.2. The summed E-state index contributed by atoms with van der Waals surface area (Å²) in [4.78, 5) is 14.1. The van der Waals surface area contributed by atoms with E-state index in [9.17, 15) is 5.11 Å². The number of rotatable bonds is 9. The molecular formula is C26H33N7O. The Labute approximate surface area is 200 Å². The molecule has 4 aromatic rings. The molecule has 8 nitrogen and oxygen atoms in total. The van der Waals surface area contributed by atoms with E-state index >= 15 is 0 Å². The number of hydrogen-bond donors (Lipinski definition) is 4. The van der Waals surface area contributed by atoms with Crippen molar-refractivity contribution in [1.29, 1.82) is 0 Å². The minimum absolute atomic E-state index is 0.00419. The molecule has 0 bridgehead atoms. The van der Waals surface area contributed by atoms with E-state index in [2.05, 4.69) is 33.8 Å². The fraction of sp³-hybridized carbons (Fsp3) is 0.346. The second-order valence-electron chi connectivity index (χ2n) is 9.42. The Balaban J connectivity index is 1.66. The van der Waals surface area contributed by atoms with Crippen molar-refractivity contribution in [1.82, 2.24) is 19.5 Å². The minimum atomic E-state index is -0.810. The van der Waals surface area contributed by atoms with E-state index in [1.807, 2.05) is 48.7 Å². The van der Waals surface area contributed by atoms with Crippen molar-refractivity contribution in [3.8, 4) is 0 Å². The van der Waals surface area contributed by atoms with Crippen molar-refractivity contribution in [3.05, 3.63) is 71.5 Å². The number of fused-ring (bicyclic) bond motifs is 1. The van der Waals surface area contributed by atoms with Crippen LogP contribution in [0.5, 0.6) is 0 Å². The molecular weight excluding hydrogens is 426 g/mol. The first kappa shape index (κ1) is 23.5. The molecule has 178 valence electrons. The Morgan fingerprint density at radius 3 is 2.59 bits per heavy atom.